The lowest BCUT2D eigenvalue weighted by Crippen LogP contribution is -2.41. The van der Waals surface area contributed by atoms with E-state index in [1.165, 1.54) is 0 Å². The largest absolute Gasteiger partial charge is 0.339 e. The molecule has 1 amide bonds. The zero-order chi connectivity index (χ0) is 15.8. The number of pyridine rings is 1. The summed E-state index contributed by atoms with van der Waals surface area (Å²) in [6.07, 6.45) is 2.09. The second-order valence-electron chi connectivity index (χ2n) is 7.77. The highest BCUT2D eigenvalue weighted by Crippen LogP contribution is 2.31. The van der Waals surface area contributed by atoms with E-state index < -0.39 is 0 Å². The number of hydrogen-bond donors (Lipinski definition) is 0. The van der Waals surface area contributed by atoms with Crippen molar-refractivity contribution in [1.29, 1.82) is 0 Å². The molecule has 0 aromatic carbocycles. The van der Waals surface area contributed by atoms with Crippen LogP contribution < -0.4 is 0 Å². The lowest BCUT2D eigenvalue weighted by atomic mass is 9.82. The number of piperidine rings is 1. The van der Waals surface area contributed by atoms with Crippen molar-refractivity contribution in [1.82, 2.24) is 9.88 Å². The molecule has 4 heteroatoms. The molecule has 0 aliphatic carbocycles. The van der Waals surface area contributed by atoms with Gasteiger partial charge in [-0.2, -0.15) is 0 Å². The van der Waals surface area contributed by atoms with E-state index in [0.717, 1.165) is 31.6 Å². The summed E-state index contributed by atoms with van der Waals surface area (Å²) in [7, 11) is 0. The van der Waals surface area contributed by atoms with Crippen molar-refractivity contribution < 1.29 is 4.79 Å². The van der Waals surface area contributed by atoms with E-state index >= 15 is 0 Å². The Hall–Kier alpha value is -1.09. The van der Waals surface area contributed by atoms with Crippen molar-refractivity contribution in [3.63, 3.8) is 0 Å². The van der Waals surface area contributed by atoms with Crippen molar-refractivity contribution in [3.8, 4) is 0 Å². The van der Waals surface area contributed by atoms with Crippen LogP contribution >= 0.6 is 11.6 Å². The molecule has 116 valence electrons. The molecule has 0 N–H and O–H groups in total. The first kappa shape index (κ1) is 16.3. The minimum Gasteiger partial charge on any atom is -0.339 e. The Balaban J connectivity index is 2.22. The fraction of sp³-hybridized carbons (Fsp3) is 0.647. The second-order valence-corrected chi connectivity index (χ2v) is 8.16. The lowest BCUT2D eigenvalue weighted by molar-refractivity contribution is 0.0630. The predicted molar refractivity (Wildman–Crippen MR) is 86.9 cm³/mol. The summed E-state index contributed by atoms with van der Waals surface area (Å²) in [6, 6.07) is 3.56. The van der Waals surface area contributed by atoms with Gasteiger partial charge < -0.3 is 4.90 Å². The summed E-state index contributed by atoms with van der Waals surface area (Å²) in [5, 5.41) is 0.392. The van der Waals surface area contributed by atoms with Crippen LogP contribution in [0.1, 0.15) is 63.5 Å². The summed E-state index contributed by atoms with van der Waals surface area (Å²) < 4.78 is 0. The van der Waals surface area contributed by atoms with Crippen molar-refractivity contribution in [3.05, 3.63) is 28.5 Å². The van der Waals surface area contributed by atoms with Gasteiger partial charge in [0.2, 0.25) is 0 Å². The summed E-state index contributed by atoms with van der Waals surface area (Å²) in [5.41, 5.74) is 1.72. The number of nitrogens with zero attached hydrogens (tertiary/aromatic N) is 2. The van der Waals surface area contributed by atoms with Crippen LogP contribution in [0.25, 0.3) is 0 Å². The molecule has 1 aromatic rings. The number of amides is 1. The third kappa shape index (κ3) is 3.97. The molecule has 0 spiro atoms. The molecule has 0 atom stereocenters. The molecule has 1 aliphatic rings. The third-order valence-corrected chi connectivity index (χ3v) is 4.41. The molecule has 2 heterocycles. The summed E-state index contributed by atoms with van der Waals surface area (Å²) >= 11 is 6.10. The zero-order valence-corrected chi connectivity index (χ0v) is 14.4. The van der Waals surface area contributed by atoms with Crippen LogP contribution in [0.3, 0.4) is 0 Å². The summed E-state index contributed by atoms with van der Waals surface area (Å²) in [6.45, 7) is 12.4. The van der Waals surface area contributed by atoms with Crippen LogP contribution in [-0.2, 0) is 5.41 Å². The molecular weight excluding hydrogens is 284 g/mol. The van der Waals surface area contributed by atoms with Crippen LogP contribution in [0, 0.1) is 5.41 Å². The topological polar surface area (TPSA) is 33.2 Å². The number of hydrogen-bond acceptors (Lipinski definition) is 2. The Kier molecular flexibility index (Phi) is 4.34. The highest BCUT2D eigenvalue weighted by molar-refractivity contribution is 6.29. The van der Waals surface area contributed by atoms with Gasteiger partial charge in [0.25, 0.3) is 5.91 Å². The van der Waals surface area contributed by atoms with E-state index in [2.05, 4.69) is 39.6 Å². The smallest absolute Gasteiger partial charge is 0.254 e. The average molecular weight is 309 g/mol. The molecule has 0 bridgehead atoms. The molecule has 1 aromatic heterocycles. The third-order valence-electron chi connectivity index (χ3n) is 4.21. The Morgan fingerprint density at radius 2 is 1.81 bits per heavy atom. The maximum atomic E-state index is 12.7. The van der Waals surface area contributed by atoms with Crippen LogP contribution in [-0.4, -0.2) is 28.9 Å². The van der Waals surface area contributed by atoms with Gasteiger partial charge in [-0.15, -0.1) is 0 Å². The van der Waals surface area contributed by atoms with E-state index in [1.807, 2.05) is 11.0 Å². The van der Waals surface area contributed by atoms with Crippen LogP contribution in [0.4, 0.5) is 0 Å². The van der Waals surface area contributed by atoms with Crippen LogP contribution in [0.15, 0.2) is 12.1 Å². The maximum Gasteiger partial charge on any atom is 0.254 e. The van der Waals surface area contributed by atoms with Gasteiger partial charge in [-0.3, -0.25) is 4.79 Å². The number of likely N-dealkylation sites (tertiary alicyclic amines) is 1. The zero-order valence-electron chi connectivity index (χ0n) is 13.7. The molecule has 1 saturated heterocycles. The van der Waals surface area contributed by atoms with E-state index in [1.54, 1.807) is 6.07 Å². The Morgan fingerprint density at radius 3 is 2.33 bits per heavy atom. The molecule has 2 rings (SSSR count). The van der Waals surface area contributed by atoms with Gasteiger partial charge in [0, 0.05) is 29.8 Å². The minimum absolute atomic E-state index is 0.0697. The first-order valence-electron chi connectivity index (χ1n) is 7.56. The second kappa shape index (κ2) is 5.60. The molecule has 1 aliphatic heterocycles. The van der Waals surface area contributed by atoms with Crippen LogP contribution in [0.5, 0.6) is 0 Å². The molecule has 1 fully saturated rings. The van der Waals surface area contributed by atoms with E-state index in [-0.39, 0.29) is 11.3 Å². The Morgan fingerprint density at radius 1 is 1.24 bits per heavy atom. The normalized spacial score (nSPS) is 18.7. The van der Waals surface area contributed by atoms with Gasteiger partial charge in [-0.05, 0) is 30.4 Å². The molecule has 0 saturated carbocycles. The first-order chi connectivity index (χ1) is 9.58. The summed E-state index contributed by atoms with van der Waals surface area (Å²) in [5.74, 6) is 0.0697. The highest BCUT2D eigenvalue weighted by atomic mass is 35.5. The Bertz CT molecular complexity index is 536. The van der Waals surface area contributed by atoms with Crippen molar-refractivity contribution in [2.24, 2.45) is 5.41 Å². The quantitative estimate of drug-likeness (QED) is 0.725. The standard InChI is InChI=1S/C17H25ClN2O/c1-16(2,3)13-10-12(11-14(18)19-13)15(21)20-8-6-17(4,5)7-9-20/h10-11H,6-9H2,1-5H3. The van der Waals surface area contributed by atoms with E-state index in [9.17, 15) is 4.79 Å². The lowest BCUT2D eigenvalue weighted by Gasteiger charge is -2.37. The molecule has 21 heavy (non-hydrogen) atoms. The fourth-order valence-electron chi connectivity index (χ4n) is 2.50. The molecule has 3 nitrogen and oxygen atoms in total. The molecular formula is C17H25ClN2O. The SMILES string of the molecule is CC1(C)CCN(C(=O)c2cc(Cl)nc(C(C)(C)C)c2)CC1. The summed E-state index contributed by atoms with van der Waals surface area (Å²) in [4.78, 5) is 19.0. The monoisotopic (exact) mass is 308 g/mol. The van der Waals surface area contributed by atoms with Crippen molar-refractivity contribution in [2.75, 3.05) is 13.1 Å². The van der Waals surface area contributed by atoms with Crippen molar-refractivity contribution in [2.45, 2.75) is 52.9 Å². The van der Waals surface area contributed by atoms with Crippen LogP contribution in [0.2, 0.25) is 5.15 Å². The number of carbonyl (C=O) groups excluding carboxylic acids is 1. The number of halogens is 1. The molecule has 0 unspecified atom stereocenters. The number of aromatic nitrogens is 1. The van der Waals surface area contributed by atoms with Gasteiger partial charge in [0.05, 0.1) is 0 Å². The predicted octanol–water partition coefficient (Wildman–Crippen LogP) is 4.29. The maximum absolute atomic E-state index is 12.7. The van der Waals surface area contributed by atoms with Gasteiger partial charge in [-0.1, -0.05) is 46.2 Å². The van der Waals surface area contributed by atoms with Gasteiger partial charge in [-0.25, -0.2) is 4.98 Å². The van der Waals surface area contributed by atoms with E-state index in [4.69, 9.17) is 11.6 Å². The van der Waals surface area contributed by atoms with E-state index in [0.29, 0.717) is 16.1 Å². The van der Waals surface area contributed by atoms with Crippen molar-refractivity contribution >= 4 is 17.5 Å². The van der Waals surface area contributed by atoms with Gasteiger partial charge in [0.1, 0.15) is 5.15 Å². The molecule has 0 radical (unpaired) electrons. The average Bonchev–Trinajstić information content (AvgIpc) is 2.36. The highest BCUT2D eigenvalue weighted by Gasteiger charge is 2.29. The minimum atomic E-state index is -0.121. The number of carbonyl (C=O) groups is 1. The van der Waals surface area contributed by atoms with Gasteiger partial charge in [0.15, 0.2) is 0 Å². The first-order valence-corrected chi connectivity index (χ1v) is 7.94. The van der Waals surface area contributed by atoms with Gasteiger partial charge >= 0.3 is 0 Å². The Labute approximate surface area is 132 Å². The fourth-order valence-corrected chi connectivity index (χ4v) is 2.71. The number of rotatable bonds is 1.